The normalized spacial score (nSPS) is 16.3. The van der Waals surface area contributed by atoms with Gasteiger partial charge in [-0.1, -0.05) is 12.1 Å². The first-order valence-corrected chi connectivity index (χ1v) is 7.77. The maximum Gasteiger partial charge on any atom is 0.336 e. The van der Waals surface area contributed by atoms with Gasteiger partial charge in [-0.15, -0.1) is 0 Å². The van der Waals surface area contributed by atoms with Crippen LogP contribution in [0.1, 0.15) is 12.6 Å². The molecule has 7 heteroatoms. The van der Waals surface area contributed by atoms with Gasteiger partial charge >= 0.3 is 6.03 Å². The first-order chi connectivity index (χ1) is 12.0. The largest absolute Gasteiger partial charge is 0.492 e. The van der Waals surface area contributed by atoms with Crippen molar-refractivity contribution in [3.63, 3.8) is 0 Å². The number of benzene rings is 1. The van der Waals surface area contributed by atoms with Crippen LogP contribution < -0.4 is 15.0 Å². The molecule has 2 aromatic rings. The van der Waals surface area contributed by atoms with E-state index >= 15 is 0 Å². The van der Waals surface area contributed by atoms with E-state index in [0.29, 0.717) is 18.1 Å². The van der Waals surface area contributed by atoms with E-state index in [1.807, 2.05) is 0 Å². The van der Waals surface area contributed by atoms with Crippen LogP contribution in [-0.2, 0) is 16.6 Å². The molecule has 1 fully saturated rings. The number of aromatic nitrogens is 1. The molecule has 0 aliphatic carbocycles. The summed E-state index contributed by atoms with van der Waals surface area (Å²) in [6.45, 7) is 2.19. The number of nitrogens with zero attached hydrogens (tertiary/aromatic N) is 2. The summed E-state index contributed by atoms with van der Waals surface area (Å²) in [5.74, 6) is -1.02. The number of carbonyl (C=O) groups excluding carboxylic acids is 3. The summed E-state index contributed by atoms with van der Waals surface area (Å²) in [6.07, 6.45) is 3.26. The molecule has 7 nitrogen and oxygen atoms in total. The Kier molecular flexibility index (Phi) is 4.38. The zero-order chi connectivity index (χ0) is 18.0. The number of anilines is 1. The van der Waals surface area contributed by atoms with E-state index in [0.717, 1.165) is 4.90 Å². The van der Waals surface area contributed by atoms with Gasteiger partial charge in [0.1, 0.15) is 11.3 Å². The van der Waals surface area contributed by atoms with Gasteiger partial charge in [-0.3, -0.25) is 14.9 Å². The fourth-order valence-electron chi connectivity index (χ4n) is 2.57. The predicted molar refractivity (Wildman–Crippen MR) is 92.0 cm³/mol. The van der Waals surface area contributed by atoms with Crippen molar-refractivity contribution in [3.05, 3.63) is 53.9 Å². The summed E-state index contributed by atoms with van der Waals surface area (Å²) < 4.78 is 7.26. The molecule has 4 amide bonds. The van der Waals surface area contributed by atoms with Crippen molar-refractivity contribution < 1.29 is 19.1 Å². The summed E-state index contributed by atoms with van der Waals surface area (Å²) >= 11 is 0. The number of para-hydroxylation sites is 2. The number of ether oxygens (including phenoxy) is 1. The maximum absolute atomic E-state index is 12.9. The Balaban J connectivity index is 2.05. The Morgan fingerprint density at radius 1 is 1.12 bits per heavy atom. The number of amides is 4. The van der Waals surface area contributed by atoms with Gasteiger partial charge in [0.05, 0.1) is 12.3 Å². The van der Waals surface area contributed by atoms with Gasteiger partial charge in [-0.25, -0.2) is 9.69 Å². The minimum absolute atomic E-state index is 0.118. The molecule has 1 aliphatic heterocycles. The second kappa shape index (κ2) is 6.64. The number of aryl methyl sites for hydroxylation is 1. The molecule has 0 bridgehead atoms. The van der Waals surface area contributed by atoms with Crippen LogP contribution in [0.25, 0.3) is 6.08 Å². The Labute approximate surface area is 144 Å². The van der Waals surface area contributed by atoms with E-state index < -0.39 is 17.8 Å². The highest BCUT2D eigenvalue weighted by Crippen LogP contribution is 2.31. The SMILES string of the molecule is CCOc1ccccc1N1C(=O)NC(=O)/C(=C/c2cccn2C)C1=O. The van der Waals surface area contributed by atoms with Crippen molar-refractivity contribution in [2.75, 3.05) is 11.5 Å². The number of nitrogens with one attached hydrogen (secondary N) is 1. The number of urea groups is 1. The lowest BCUT2D eigenvalue weighted by Crippen LogP contribution is -2.54. The van der Waals surface area contributed by atoms with Crippen LogP contribution in [0.3, 0.4) is 0 Å². The third kappa shape index (κ3) is 3.03. The summed E-state index contributed by atoms with van der Waals surface area (Å²) in [7, 11) is 1.80. The molecule has 1 N–H and O–H groups in total. The molecule has 1 saturated heterocycles. The summed E-state index contributed by atoms with van der Waals surface area (Å²) in [6, 6.07) is 9.45. The Morgan fingerprint density at radius 3 is 2.56 bits per heavy atom. The molecule has 128 valence electrons. The molecule has 0 radical (unpaired) electrons. The summed E-state index contributed by atoms with van der Waals surface area (Å²) in [4.78, 5) is 38.2. The minimum atomic E-state index is -0.800. The third-order valence-electron chi connectivity index (χ3n) is 3.78. The lowest BCUT2D eigenvalue weighted by atomic mass is 10.1. The van der Waals surface area contributed by atoms with Gasteiger partial charge in [0.15, 0.2) is 0 Å². The van der Waals surface area contributed by atoms with Crippen molar-refractivity contribution in [1.29, 1.82) is 0 Å². The van der Waals surface area contributed by atoms with Gasteiger partial charge in [-0.05, 0) is 37.3 Å². The number of barbiturate groups is 1. The van der Waals surface area contributed by atoms with Crippen LogP contribution in [0.5, 0.6) is 5.75 Å². The monoisotopic (exact) mass is 339 g/mol. The molecular formula is C18H17N3O4. The van der Waals surface area contributed by atoms with Crippen molar-refractivity contribution in [2.45, 2.75) is 6.92 Å². The van der Waals surface area contributed by atoms with Gasteiger partial charge < -0.3 is 9.30 Å². The number of imide groups is 2. The number of rotatable bonds is 4. The first kappa shape index (κ1) is 16.5. The summed E-state index contributed by atoms with van der Waals surface area (Å²) in [5.41, 5.74) is 0.843. The van der Waals surface area contributed by atoms with Crippen molar-refractivity contribution >= 4 is 29.6 Å². The minimum Gasteiger partial charge on any atom is -0.492 e. The number of carbonyl (C=O) groups is 3. The van der Waals surface area contributed by atoms with Crippen LogP contribution >= 0.6 is 0 Å². The average Bonchev–Trinajstić information content (AvgIpc) is 2.98. The second-order valence-corrected chi connectivity index (χ2v) is 5.40. The quantitative estimate of drug-likeness (QED) is 0.683. The Bertz CT molecular complexity index is 882. The van der Waals surface area contributed by atoms with Gasteiger partial charge in [0, 0.05) is 18.9 Å². The fraction of sp³-hybridized carbons (Fsp3) is 0.167. The molecule has 1 aliphatic rings. The predicted octanol–water partition coefficient (Wildman–Crippen LogP) is 2.09. The molecule has 3 rings (SSSR count). The van der Waals surface area contributed by atoms with E-state index in [1.165, 1.54) is 6.08 Å². The van der Waals surface area contributed by atoms with E-state index in [2.05, 4.69) is 5.32 Å². The zero-order valence-corrected chi connectivity index (χ0v) is 13.9. The van der Waals surface area contributed by atoms with E-state index in [4.69, 9.17) is 4.74 Å². The van der Waals surface area contributed by atoms with Crippen molar-refractivity contribution in [1.82, 2.24) is 9.88 Å². The Morgan fingerprint density at radius 2 is 1.88 bits per heavy atom. The fourth-order valence-corrected chi connectivity index (χ4v) is 2.57. The van der Waals surface area contributed by atoms with E-state index in [1.54, 1.807) is 61.1 Å². The van der Waals surface area contributed by atoms with Crippen molar-refractivity contribution in [2.24, 2.45) is 7.05 Å². The lowest BCUT2D eigenvalue weighted by Gasteiger charge is -2.27. The summed E-state index contributed by atoms with van der Waals surface area (Å²) in [5, 5.41) is 2.20. The average molecular weight is 339 g/mol. The molecule has 0 saturated carbocycles. The highest BCUT2D eigenvalue weighted by Gasteiger charge is 2.38. The molecule has 0 unspecified atom stereocenters. The lowest BCUT2D eigenvalue weighted by molar-refractivity contribution is -0.122. The molecular weight excluding hydrogens is 322 g/mol. The second-order valence-electron chi connectivity index (χ2n) is 5.40. The van der Waals surface area contributed by atoms with Gasteiger partial charge in [0.2, 0.25) is 0 Å². The van der Waals surface area contributed by atoms with Crippen LogP contribution in [0.2, 0.25) is 0 Å². The highest BCUT2D eigenvalue weighted by molar-refractivity contribution is 6.39. The van der Waals surface area contributed by atoms with Crippen LogP contribution in [-0.4, -0.2) is 29.0 Å². The maximum atomic E-state index is 12.9. The standard InChI is InChI=1S/C18H17N3O4/c1-3-25-15-9-5-4-8-14(15)21-17(23)13(16(22)19-18(21)24)11-12-7-6-10-20(12)2/h4-11H,3H2,1-2H3,(H,19,22,24)/b13-11-. The molecule has 1 aromatic carbocycles. The molecule has 0 spiro atoms. The molecule has 25 heavy (non-hydrogen) atoms. The zero-order valence-electron chi connectivity index (χ0n) is 13.9. The van der Waals surface area contributed by atoms with Crippen LogP contribution in [0, 0.1) is 0 Å². The van der Waals surface area contributed by atoms with E-state index in [9.17, 15) is 14.4 Å². The number of hydrogen-bond acceptors (Lipinski definition) is 4. The van der Waals surface area contributed by atoms with Crippen molar-refractivity contribution in [3.8, 4) is 5.75 Å². The Hall–Kier alpha value is -3.35. The molecule has 0 atom stereocenters. The van der Waals surface area contributed by atoms with Gasteiger partial charge in [-0.2, -0.15) is 0 Å². The molecule has 2 heterocycles. The smallest absolute Gasteiger partial charge is 0.336 e. The number of hydrogen-bond donors (Lipinski definition) is 1. The highest BCUT2D eigenvalue weighted by atomic mass is 16.5. The first-order valence-electron chi connectivity index (χ1n) is 7.77. The molecule has 1 aromatic heterocycles. The topological polar surface area (TPSA) is 80.6 Å². The van der Waals surface area contributed by atoms with Crippen LogP contribution in [0.15, 0.2) is 48.2 Å². The van der Waals surface area contributed by atoms with Crippen LogP contribution in [0.4, 0.5) is 10.5 Å². The van der Waals surface area contributed by atoms with E-state index in [-0.39, 0.29) is 11.3 Å². The van der Waals surface area contributed by atoms with Gasteiger partial charge in [0.25, 0.3) is 11.8 Å². The third-order valence-corrected chi connectivity index (χ3v) is 3.78.